The van der Waals surface area contributed by atoms with E-state index < -0.39 is 14.6 Å². The van der Waals surface area contributed by atoms with Gasteiger partial charge in [0.05, 0.1) is 24.5 Å². The first-order valence-electron chi connectivity index (χ1n) is 5.56. The number of hydrogen-bond donors (Lipinski definition) is 1. The zero-order valence-corrected chi connectivity index (χ0v) is 11.5. The first kappa shape index (κ1) is 14.2. The first-order chi connectivity index (χ1) is 7.74. The molecule has 0 atom stereocenters. The van der Waals surface area contributed by atoms with Crippen molar-refractivity contribution in [2.45, 2.75) is 18.6 Å². The molecule has 0 spiro atoms. The Balaban J connectivity index is 2.64. The Morgan fingerprint density at radius 2 is 1.94 bits per heavy atom. The fourth-order valence-electron chi connectivity index (χ4n) is 1.28. The minimum absolute atomic E-state index is 0.176. The van der Waals surface area contributed by atoms with E-state index in [2.05, 4.69) is 4.99 Å². The van der Waals surface area contributed by atoms with Gasteiger partial charge in [0.2, 0.25) is 0 Å². The third-order valence-electron chi connectivity index (χ3n) is 2.96. The van der Waals surface area contributed by atoms with Gasteiger partial charge >= 0.3 is 0 Å². The zero-order valence-electron chi connectivity index (χ0n) is 10.6. The lowest BCUT2D eigenvalue weighted by Gasteiger charge is -2.28. The van der Waals surface area contributed by atoms with Crippen LogP contribution in [0.1, 0.15) is 13.8 Å². The molecule has 0 saturated carbocycles. The predicted molar refractivity (Wildman–Crippen MR) is 67.8 cm³/mol. The molecule has 1 fully saturated rings. The molecular formula is C10H21N3O3S. The molecule has 1 aliphatic rings. The molecule has 2 N–H and O–H groups in total. The standard InChI is InChI=1S/C10H21N3O3S/c1-10(2,17(3,14)15)8-12-9(11)13-4-6-16-7-5-13/h4-8H2,1-3H3,(H2,11,12). The Bertz CT molecular complexity index is 384. The zero-order chi connectivity index (χ0) is 13.1. The summed E-state index contributed by atoms with van der Waals surface area (Å²) in [6.45, 7) is 6.15. The molecule has 100 valence electrons. The average Bonchev–Trinajstić information content (AvgIpc) is 2.25. The lowest BCUT2D eigenvalue weighted by Crippen LogP contribution is -2.45. The summed E-state index contributed by atoms with van der Waals surface area (Å²) >= 11 is 0. The van der Waals surface area contributed by atoms with Crippen LogP contribution in [-0.2, 0) is 14.6 Å². The number of guanidine groups is 1. The third kappa shape index (κ3) is 3.85. The van der Waals surface area contributed by atoms with Crippen LogP contribution < -0.4 is 5.73 Å². The second-order valence-electron chi connectivity index (χ2n) is 4.81. The van der Waals surface area contributed by atoms with Crippen LogP contribution in [0.4, 0.5) is 0 Å². The maximum atomic E-state index is 11.5. The summed E-state index contributed by atoms with van der Waals surface area (Å²) in [5, 5.41) is 0. The van der Waals surface area contributed by atoms with E-state index in [1.54, 1.807) is 13.8 Å². The van der Waals surface area contributed by atoms with Crippen LogP contribution in [0.15, 0.2) is 4.99 Å². The van der Waals surface area contributed by atoms with E-state index in [-0.39, 0.29) is 6.54 Å². The van der Waals surface area contributed by atoms with Crippen molar-refractivity contribution in [2.75, 3.05) is 39.1 Å². The van der Waals surface area contributed by atoms with Gasteiger partial charge in [0.1, 0.15) is 0 Å². The van der Waals surface area contributed by atoms with Crippen LogP contribution >= 0.6 is 0 Å². The Labute approximate surface area is 103 Å². The summed E-state index contributed by atoms with van der Waals surface area (Å²) in [5.74, 6) is 0.394. The summed E-state index contributed by atoms with van der Waals surface area (Å²) in [6.07, 6.45) is 1.22. The molecule has 0 aromatic heterocycles. The lowest BCUT2D eigenvalue weighted by atomic mass is 10.2. The van der Waals surface area contributed by atoms with Crippen LogP contribution in [0.25, 0.3) is 0 Å². The van der Waals surface area contributed by atoms with E-state index in [4.69, 9.17) is 10.5 Å². The van der Waals surface area contributed by atoms with Gasteiger partial charge in [0.15, 0.2) is 15.8 Å². The van der Waals surface area contributed by atoms with E-state index >= 15 is 0 Å². The van der Waals surface area contributed by atoms with Gasteiger partial charge in [0, 0.05) is 19.3 Å². The molecule has 1 saturated heterocycles. The quantitative estimate of drug-likeness (QED) is 0.546. The van der Waals surface area contributed by atoms with Crippen molar-refractivity contribution in [3.05, 3.63) is 0 Å². The van der Waals surface area contributed by atoms with Crippen molar-refractivity contribution < 1.29 is 13.2 Å². The lowest BCUT2D eigenvalue weighted by molar-refractivity contribution is 0.0674. The van der Waals surface area contributed by atoms with E-state index in [0.717, 1.165) is 0 Å². The molecule has 1 heterocycles. The summed E-state index contributed by atoms with van der Waals surface area (Å²) in [4.78, 5) is 6.08. The molecule has 0 aromatic rings. The maximum Gasteiger partial charge on any atom is 0.191 e. The fraction of sp³-hybridized carbons (Fsp3) is 0.900. The number of nitrogens with two attached hydrogens (primary N) is 1. The van der Waals surface area contributed by atoms with Gasteiger partial charge < -0.3 is 15.4 Å². The monoisotopic (exact) mass is 263 g/mol. The largest absolute Gasteiger partial charge is 0.378 e. The Morgan fingerprint density at radius 3 is 2.41 bits per heavy atom. The number of hydrogen-bond acceptors (Lipinski definition) is 4. The normalized spacial score (nSPS) is 19.5. The maximum absolute atomic E-state index is 11.5. The second-order valence-corrected chi connectivity index (χ2v) is 7.46. The summed E-state index contributed by atoms with van der Waals surface area (Å²) in [5.41, 5.74) is 5.82. The summed E-state index contributed by atoms with van der Waals surface area (Å²) < 4.78 is 27.3. The van der Waals surface area contributed by atoms with E-state index in [1.165, 1.54) is 6.26 Å². The van der Waals surface area contributed by atoms with Crippen molar-refractivity contribution in [1.29, 1.82) is 0 Å². The molecule has 0 amide bonds. The van der Waals surface area contributed by atoms with Crippen LogP contribution in [0.2, 0.25) is 0 Å². The van der Waals surface area contributed by atoms with Gasteiger partial charge in [0.25, 0.3) is 0 Å². The Morgan fingerprint density at radius 1 is 1.41 bits per heavy atom. The van der Waals surface area contributed by atoms with Crippen molar-refractivity contribution >= 4 is 15.8 Å². The molecule has 0 radical (unpaired) electrons. The van der Waals surface area contributed by atoms with Gasteiger partial charge in [-0.25, -0.2) is 8.42 Å². The van der Waals surface area contributed by atoms with Crippen molar-refractivity contribution in [1.82, 2.24) is 4.90 Å². The highest BCUT2D eigenvalue weighted by Gasteiger charge is 2.30. The van der Waals surface area contributed by atoms with E-state index in [0.29, 0.717) is 32.3 Å². The molecule has 1 aliphatic heterocycles. The minimum atomic E-state index is -3.13. The van der Waals surface area contributed by atoms with E-state index in [9.17, 15) is 8.42 Å². The highest BCUT2D eigenvalue weighted by molar-refractivity contribution is 7.92. The topological polar surface area (TPSA) is 85.0 Å². The van der Waals surface area contributed by atoms with Gasteiger partial charge in [-0.1, -0.05) is 0 Å². The van der Waals surface area contributed by atoms with Crippen LogP contribution in [-0.4, -0.2) is 63.1 Å². The van der Waals surface area contributed by atoms with Gasteiger partial charge in [-0.05, 0) is 13.8 Å². The smallest absolute Gasteiger partial charge is 0.191 e. The number of ether oxygens (including phenoxy) is 1. The fourth-order valence-corrected chi connectivity index (χ4v) is 1.58. The summed E-state index contributed by atoms with van der Waals surface area (Å²) in [6, 6.07) is 0. The molecule has 6 nitrogen and oxygen atoms in total. The molecular weight excluding hydrogens is 242 g/mol. The summed E-state index contributed by atoms with van der Waals surface area (Å²) in [7, 11) is -3.13. The highest BCUT2D eigenvalue weighted by atomic mass is 32.2. The highest BCUT2D eigenvalue weighted by Crippen LogP contribution is 2.15. The molecule has 17 heavy (non-hydrogen) atoms. The number of rotatable bonds is 3. The van der Waals surface area contributed by atoms with Crippen LogP contribution in [0.5, 0.6) is 0 Å². The molecule has 0 aromatic carbocycles. The Kier molecular flexibility index (Phi) is 4.37. The predicted octanol–water partition coefficient (Wildman–Crippen LogP) is -0.543. The molecule has 0 aliphatic carbocycles. The van der Waals surface area contributed by atoms with Crippen LogP contribution in [0, 0.1) is 0 Å². The number of morpholine rings is 1. The third-order valence-corrected chi connectivity index (χ3v) is 5.10. The SMILES string of the molecule is CC(C)(CN=C(N)N1CCOCC1)S(C)(=O)=O. The van der Waals surface area contributed by atoms with Gasteiger partial charge in [-0.3, -0.25) is 4.99 Å². The molecule has 1 rings (SSSR count). The van der Waals surface area contributed by atoms with Crippen LogP contribution in [0.3, 0.4) is 0 Å². The number of aliphatic imine (C=N–C) groups is 1. The minimum Gasteiger partial charge on any atom is -0.378 e. The number of sulfone groups is 1. The van der Waals surface area contributed by atoms with Gasteiger partial charge in [-0.15, -0.1) is 0 Å². The molecule has 0 bridgehead atoms. The molecule has 7 heteroatoms. The molecule has 0 unspecified atom stereocenters. The van der Waals surface area contributed by atoms with Gasteiger partial charge in [-0.2, -0.15) is 0 Å². The second kappa shape index (κ2) is 5.22. The van der Waals surface area contributed by atoms with Crippen molar-refractivity contribution in [2.24, 2.45) is 10.7 Å². The Hall–Kier alpha value is -0.820. The first-order valence-corrected chi connectivity index (χ1v) is 7.45. The van der Waals surface area contributed by atoms with E-state index in [1.807, 2.05) is 4.90 Å². The average molecular weight is 263 g/mol. The van der Waals surface area contributed by atoms with Crippen molar-refractivity contribution in [3.8, 4) is 0 Å². The number of nitrogens with zero attached hydrogens (tertiary/aromatic N) is 2. The van der Waals surface area contributed by atoms with Crippen molar-refractivity contribution in [3.63, 3.8) is 0 Å².